The summed E-state index contributed by atoms with van der Waals surface area (Å²) in [6.07, 6.45) is 9.42. The molecule has 0 aliphatic rings. The van der Waals surface area contributed by atoms with Crippen molar-refractivity contribution in [1.82, 2.24) is 14.8 Å². The quantitative estimate of drug-likeness (QED) is 0.159. The summed E-state index contributed by atoms with van der Waals surface area (Å²) < 4.78 is 27.4. The van der Waals surface area contributed by atoms with Crippen LogP contribution in [-0.2, 0) is 24.7 Å². The molecule has 1 unspecified atom stereocenters. The number of nitrogens with zero attached hydrogens (tertiary/aromatic N) is 3. The smallest absolute Gasteiger partial charge is 0.282 e. The van der Waals surface area contributed by atoms with E-state index >= 15 is 0 Å². The third-order valence-electron chi connectivity index (χ3n) is 6.05. The number of unbranched alkanes of at least 4 members (excludes halogenated alkanes) is 7. The second kappa shape index (κ2) is 15.2. The van der Waals surface area contributed by atoms with E-state index in [0.29, 0.717) is 33.5 Å². The van der Waals surface area contributed by atoms with Crippen molar-refractivity contribution < 1.29 is 13.6 Å². The van der Waals surface area contributed by atoms with E-state index in [1.54, 1.807) is 32.5 Å². The molecule has 192 valence electrons. The molecule has 0 radical (unpaired) electrons. The van der Waals surface area contributed by atoms with E-state index in [2.05, 4.69) is 12.0 Å². The molecule has 1 aromatic carbocycles. The second-order valence-corrected chi connectivity index (χ2v) is 10.1. The summed E-state index contributed by atoms with van der Waals surface area (Å²) in [5.74, 6) is 0. The van der Waals surface area contributed by atoms with E-state index in [1.807, 2.05) is 5.06 Å². The standard InChI is InChI=1S/C25H36Cl3F2N3O/c1-18(14-21-22(27)15-20(26)16-23(21)28)33(34-3)13-11-9-7-5-4-6-8-10-12-19-17-32(2)31-24(19)25(29)30/h15-18,25H,4-14H2,1-3H3. The lowest BCUT2D eigenvalue weighted by Crippen LogP contribution is -2.34. The average molecular weight is 539 g/mol. The molecular weight excluding hydrogens is 503 g/mol. The molecule has 1 aromatic heterocycles. The van der Waals surface area contributed by atoms with Crippen LogP contribution in [0.4, 0.5) is 8.78 Å². The first-order valence-electron chi connectivity index (χ1n) is 12.0. The lowest BCUT2D eigenvalue weighted by Gasteiger charge is -2.27. The molecule has 0 saturated heterocycles. The zero-order chi connectivity index (χ0) is 25.1. The van der Waals surface area contributed by atoms with Crippen molar-refractivity contribution in [2.24, 2.45) is 7.05 Å². The maximum Gasteiger partial charge on any atom is 0.282 e. The van der Waals surface area contributed by atoms with Gasteiger partial charge in [-0.05, 0) is 55.9 Å². The topological polar surface area (TPSA) is 30.3 Å². The number of halogens is 5. The molecule has 4 nitrogen and oxygen atoms in total. The fourth-order valence-electron chi connectivity index (χ4n) is 4.23. The van der Waals surface area contributed by atoms with Crippen LogP contribution in [0.3, 0.4) is 0 Å². The summed E-state index contributed by atoms with van der Waals surface area (Å²) in [4.78, 5) is 5.59. The van der Waals surface area contributed by atoms with E-state index in [9.17, 15) is 8.78 Å². The maximum atomic E-state index is 13.0. The molecule has 1 atom stereocenters. The first-order chi connectivity index (χ1) is 16.2. The molecular formula is C25H36Cl3F2N3O. The first kappa shape index (κ1) is 29.3. The minimum atomic E-state index is -2.50. The monoisotopic (exact) mass is 537 g/mol. The lowest BCUT2D eigenvalue weighted by molar-refractivity contribution is -0.157. The predicted molar refractivity (Wildman–Crippen MR) is 137 cm³/mol. The van der Waals surface area contributed by atoms with Gasteiger partial charge < -0.3 is 4.84 Å². The van der Waals surface area contributed by atoms with E-state index < -0.39 is 6.43 Å². The lowest BCUT2D eigenvalue weighted by atomic mass is 10.0. The average Bonchev–Trinajstić information content (AvgIpc) is 3.15. The Bertz CT molecular complexity index is 856. The van der Waals surface area contributed by atoms with Crippen LogP contribution in [-0.4, -0.2) is 34.5 Å². The minimum Gasteiger partial charge on any atom is -0.302 e. The van der Waals surface area contributed by atoms with E-state index in [0.717, 1.165) is 44.2 Å². The van der Waals surface area contributed by atoms with Crippen molar-refractivity contribution in [3.05, 3.63) is 50.2 Å². The number of rotatable bonds is 16. The van der Waals surface area contributed by atoms with E-state index in [1.165, 1.54) is 23.9 Å². The molecule has 0 spiro atoms. The number of aryl methyl sites for hydroxylation is 2. The third-order valence-corrected chi connectivity index (χ3v) is 6.94. The number of alkyl halides is 2. The van der Waals surface area contributed by atoms with Crippen LogP contribution in [0.5, 0.6) is 0 Å². The molecule has 0 aliphatic heterocycles. The summed E-state index contributed by atoms with van der Waals surface area (Å²) in [5.41, 5.74) is 1.49. The van der Waals surface area contributed by atoms with Gasteiger partial charge in [0.25, 0.3) is 6.43 Å². The van der Waals surface area contributed by atoms with Crippen LogP contribution < -0.4 is 0 Å². The Morgan fingerprint density at radius 3 is 2.09 bits per heavy atom. The number of hydrogen-bond donors (Lipinski definition) is 0. The van der Waals surface area contributed by atoms with Gasteiger partial charge in [-0.15, -0.1) is 0 Å². The Kier molecular flexibility index (Phi) is 13.1. The van der Waals surface area contributed by atoms with Crippen LogP contribution in [0.15, 0.2) is 18.3 Å². The molecule has 2 aromatic rings. The fourth-order valence-corrected chi connectivity index (χ4v) is 5.20. The van der Waals surface area contributed by atoms with Crippen LogP contribution in [0.2, 0.25) is 15.1 Å². The summed E-state index contributed by atoms with van der Waals surface area (Å²) in [6.45, 7) is 2.94. The van der Waals surface area contributed by atoms with Gasteiger partial charge in [0.1, 0.15) is 5.69 Å². The Balaban J connectivity index is 1.57. The molecule has 0 aliphatic carbocycles. The molecule has 2 rings (SSSR count). The van der Waals surface area contributed by atoms with E-state index in [4.69, 9.17) is 39.6 Å². The van der Waals surface area contributed by atoms with Crippen molar-refractivity contribution in [2.45, 2.75) is 83.6 Å². The number of hydrogen-bond acceptors (Lipinski definition) is 3. The van der Waals surface area contributed by atoms with Crippen molar-refractivity contribution in [1.29, 1.82) is 0 Å². The van der Waals surface area contributed by atoms with Gasteiger partial charge in [-0.25, -0.2) is 8.78 Å². The van der Waals surface area contributed by atoms with Gasteiger partial charge in [-0.3, -0.25) is 4.68 Å². The highest BCUT2D eigenvalue weighted by Crippen LogP contribution is 2.30. The predicted octanol–water partition coefficient (Wildman–Crippen LogP) is 8.48. The number of benzene rings is 1. The summed E-state index contributed by atoms with van der Waals surface area (Å²) in [7, 11) is 3.38. The Morgan fingerprint density at radius 2 is 1.53 bits per heavy atom. The Morgan fingerprint density at radius 1 is 0.971 bits per heavy atom. The largest absolute Gasteiger partial charge is 0.302 e. The summed E-state index contributed by atoms with van der Waals surface area (Å²) in [5, 5.41) is 7.53. The fraction of sp³-hybridized carbons (Fsp3) is 0.640. The highest BCUT2D eigenvalue weighted by atomic mass is 35.5. The number of aromatic nitrogens is 2. The van der Waals surface area contributed by atoms with Gasteiger partial charge in [-0.2, -0.15) is 10.2 Å². The molecule has 0 saturated carbocycles. The molecule has 34 heavy (non-hydrogen) atoms. The zero-order valence-electron chi connectivity index (χ0n) is 20.3. The highest BCUT2D eigenvalue weighted by molar-refractivity contribution is 6.39. The van der Waals surface area contributed by atoms with Crippen LogP contribution in [0.25, 0.3) is 0 Å². The normalized spacial score (nSPS) is 12.8. The summed E-state index contributed by atoms with van der Waals surface area (Å²) in [6, 6.07) is 3.56. The SMILES string of the molecule is CON(CCCCCCCCCCc1cn(C)nc1C(F)F)C(C)Cc1c(Cl)cc(Cl)cc1Cl. The Hall–Kier alpha value is -0.920. The minimum absolute atomic E-state index is 0.0683. The van der Waals surface area contributed by atoms with E-state index in [-0.39, 0.29) is 11.7 Å². The van der Waals surface area contributed by atoms with Gasteiger partial charge in [0.05, 0.1) is 7.11 Å². The van der Waals surface area contributed by atoms with Crippen molar-refractivity contribution in [3.63, 3.8) is 0 Å². The molecule has 9 heteroatoms. The van der Waals surface area contributed by atoms with Crippen LogP contribution in [0.1, 0.15) is 81.5 Å². The van der Waals surface area contributed by atoms with Gasteiger partial charge in [-0.1, -0.05) is 73.3 Å². The third kappa shape index (κ3) is 9.62. The van der Waals surface area contributed by atoms with Crippen molar-refractivity contribution in [3.8, 4) is 0 Å². The molecule has 0 bridgehead atoms. The molecule has 1 heterocycles. The van der Waals surface area contributed by atoms with Gasteiger partial charge >= 0.3 is 0 Å². The second-order valence-electron chi connectivity index (χ2n) is 8.82. The highest BCUT2D eigenvalue weighted by Gasteiger charge is 2.18. The van der Waals surface area contributed by atoms with Crippen LogP contribution >= 0.6 is 34.8 Å². The first-order valence-corrected chi connectivity index (χ1v) is 13.1. The maximum absolute atomic E-state index is 13.0. The Labute approximate surface area is 217 Å². The van der Waals surface area contributed by atoms with Crippen molar-refractivity contribution in [2.75, 3.05) is 13.7 Å². The van der Waals surface area contributed by atoms with Crippen LogP contribution in [0, 0.1) is 0 Å². The molecule has 0 fully saturated rings. The van der Waals surface area contributed by atoms with Crippen molar-refractivity contribution >= 4 is 34.8 Å². The molecule has 0 amide bonds. The van der Waals surface area contributed by atoms with Gasteiger partial charge in [0.15, 0.2) is 0 Å². The zero-order valence-corrected chi connectivity index (χ0v) is 22.6. The van der Waals surface area contributed by atoms with Gasteiger partial charge in [0.2, 0.25) is 0 Å². The summed E-state index contributed by atoms with van der Waals surface area (Å²) >= 11 is 18.7. The number of hydroxylamine groups is 2. The molecule has 0 N–H and O–H groups in total. The van der Waals surface area contributed by atoms with Gasteiger partial charge in [0, 0.05) is 40.9 Å².